The number of aromatic nitrogens is 1. The van der Waals surface area contributed by atoms with E-state index in [0.29, 0.717) is 11.7 Å². The summed E-state index contributed by atoms with van der Waals surface area (Å²) < 4.78 is 7.97. The molecule has 0 N–H and O–H groups in total. The molecule has 0 aliphatic carbocycles. The van der Waals surface area contributed by atoms with Crippen LogP contribution in [0.4, 0.5) is 0 Å². The van der Waals surface area contributed by atoms with Crippen LogP contribution in [-0.4, -0.2) is 17.3 Å². The molecule has 1 aliphatic heterocycles. The van der Waals surface area contributed by atoms with Gasteiger partial charge >= 0.3 is 0 Å². The van der Waals surface area contributed by atoms with Gasteiger partial charge in [0, 0.05) is 24.9 Å². The summed E-state index contributed by atoms with van der Waals surface area (Å²) in [6, 6.07) is 10.1. The van der Waals surface area contributed by atoms with Crippen LogP contribution in [0.15, 0.2) is 30.5 Å². The first-order chi connectivity index (χ1) is 8.86. The Morgan fingerprint density at radius 2 is 2.28 bits per heavy atom. The van der Waals surface area contributed by atoms with Crippen LogP contribution in [0, 0.1) is 11.3 Å². The Kier molecular flexibility index (Phi) is 3.04. The Morgan fingerprint density at radius 3 is 3.06 bits per heavy atom. The van der Waals surface area contributed by atoms with Crippen LogP contribution in [0.1, 0.15) is 24.8 Å². The molecule has 18 heavy (non-hydrogen) atoms. The maximum absolute atomic E-state index is 8.96. The molecule has 0 amide bonds. The van der Waals surface area contributed by atoms with Gasteiger partial charge in [-0.2, -0.15) is 5.26 Å². The van der Waals surface area contributed by atoms with E-state index in [1.807, 2.05) is 18.2 Å². The first kappa shape index (κ1) is 11.3. The van der Waals surface area contributed by atoms with Crippen LogP contribution in [-0.2, 0) is 11.3 Å². The SMILES string of the molecule is N#Cc1ccc2ccn(CC3CCCCO3)c2c1. The van der Waals surface area contributed by atoms with Crippen molar-refractivity contribution >= 4 is 10.9 Å². The molecule has 2 aromatic rings. The lowest BCUT2D eigenvalue weighted by atomic mass is 10.1. The van der Waals surface area contributed by atoms with Gasteiger partial charge in [-0.05, 0) is 42.8 Å². The number of rotatable bonds is 2. The zero-order chi connectivity index (χ0) is 12.4. The molecule has 0 radical (unpaired) electrons. The number of benzene rings is 1. The predicted molar refractivity (Wildman–Crippen MR) is 70.2 cm³/mol. The Bertz CT molecular complexity index is 588. The summed E-state index contributed by atoms with van der Waals surface area (Å²) in [6.07, 6.45) is 5.98. The molecule has 1 saturated heterocycles. The lowest BCUT2D eigenvalue weighted by Crippen LogP contribution is -2.24. The topological polar surface area (TPSA) is 38.0 Å². The third-order valence-corrected chi connectivity index (χ3v) is 3.58. The zero-order valence-electron chi connectivity index (χ0n) is 10.3. The largest absolute Gasteiger partial charge is 0.376 e. The van der Waals surface area contributed by atoms with E-state index in [2.05, 4.69) is 22.9 Å². The van der Waals surface area contributed by atoms with E-state index >= 15 is 0 Å². The lowest BCUT2D eigenvalue weighted by Gasteiger charge is -2.23. The summed E-state index contributed by atoms with van der Waals surface area (Å²) in [5.41, 5.74) is 1.84. The van der Waals surface area contributed by atoms with Gasteiger partial charge in [0.2, 0.25) is 0 Å². The molecule has 3 nitrogen and oxygen atoms in total. The minimum atomic E-state index is 0.320. The van der Waals surface area contributed by atoms with E-state index in [0.717, 1.165) is 25.1 Å². The first-order valence-corrected chi connectivity index (χ1v) is 6.47. The molecule has 1 fully saturated rings. The molecule has 0 bridgehead atoms. The molecule has 3 heteroatoms. The number of hydrogen-bond acceptors (Lipinski definition) is 2. The van der Waals surface area contributed by atoms with Gasteiger partial charge in [0.05, 0.1) is 17.7 Å². The van der Waals surface area contributed by atoms with Gasteiger partial charge in [-0.3, -0.25) is 0 Å². The van der Waals surface area contributed by atoms with Crippen molar-refractivity contribution in [2.75, 3.05) is 6.61 Å². The van der Waals surface area contributed by atoms with E-state index in [4.69, 9.17) is 10.00 Å². The quantitative estimate of drug-likeness (QED) is 0.809. The van der Waals surface area contributed by atoms with E-state index in [-0.39, 0.29) is 0 Å². The molecule has 2 heterocycles. The number of hydrogen-bond donors (Lipinski definition) is 0. The number of ether oxygens (including phenoxy) is 1. The van der Waals surface area contributed by atoms with E-state index < -0.39 is 0 Å². The predicted octanol–water partition coefficient (Wildman–Crippen LogP) is 3.08. The van der Waals surface area contributed by atoms with Crippen LogP contribution in [0.25, 0.3) is 10.9 Å². The lowest BCUT2D eigenvalue weighted by molar-refractivity contribution is 0.00670. The van der Waals surface area contributed by atoms with Crippen molar-refractivity contribution in [1.29, 1.82) is 5.26 Å². The van der Waals surface area contributed by atoms with Crippen molar-refractivity contribution in [3.8, 4) is 6.07 Å². The van der Waals surface area contributed by atoms with Gasteiger partial charge in [0.15, 0.2) is 0 Å². The molecule has 3 rings (SSSR count). The number of nitriles is 1. The number of nitrogens with zero attached hydrogens (tertiary/aromatic N) is 2. The fourth-order valence-corrected chi connectivity index (χ4v) is 2.58. The van der Waals surface area contributed by atoms with Crippen LogP contribution in [0.3, 0.4) is 0 Å². The Balaban J connectivity index is 1.89. The Morgan fingerprint density at radius 1 is 1.33 bits per heavy atom. The highest BCUT2D eigenvalue weighted by atomic mass is 16.5. The summed E-state index contributed by atoms with van der Waals surface area (Å²) in [7, 11) is 0. The van der Waals surface area contributed by atoms with Crippen LogP contribution in [0.5, 0.6) is 0 Å². The maximum atomic E-state index is 8.96. The fraction of sp³-hybridized carbons (Fsp3) is 0.400. The fourth-order valence-electron chi connectivity index (χ4n) is 2.58. The summed E-state index contributed by atoms with van der Waals surface area (Å²) in [4.78, 5) is 0. The highest BCUT2D eigenvalue weighted by Crippen LogP contribution is 2.21. The molecule has 1 atom stereocenters. The van der Waals surface area contributed by atoms with Gasteiger partial charge in [-0.15, -0.1) is 0 Å². The van der Waals surface area contributed by atoms with Gasteiger partial charge in [-0.1, -0.05) is 6.07 Å². The first-order valence-electron chi connectivity index (χ1n) is 6.47. The average molecular weight is 240 g/mol. The second kappa shape index (κ2) is 4.83. The molecule has 1 aromatic heterocycles. The molecule has 1 aliphatic rings. The Labute approximate surface area is 107 Å². The second-order valence-electron chi connectivity index (χ2n) is 4.84. The normalized spacial score (nSPS) is 19.8. The molecule has 0 saturated carbocycles. The van der Waals surface area contributed by atoms with E-state index in [1.54, 1.807) is 0 Å². The molecule has 1 unspecified atom stereocenters. The average Bonchev–Trinajstić information content (AvgIpc) is 2.82. The highest BCUT2D eigenvalue weighted by molar-refractivity contribution is 5.81. The van der Waals surface area contributed by atoms with Gasteiger partial charge in [0.1, 0.15) is 0 Å². The summed E-state index contributed by atoms with van der Waals surface area (Å²) in [5.74, 6) is 0. The summed E-state index contributed by atoms with van der Waals surface area (Å²) in [5, 5.41) is 10.1. The van der Waals surface area contributed by atoms with Gasteiger partial charge in [-0.25, -0.2) is 0 Å². The molecular formula is C15H16N2O. The van der Waals surface area contributed by atoms with Crippen LogP contribution in [0.2, 0.25) is 0 Å². The summed E-state index contributed by atoms with van der Waals surface area (Å²) in [6.45, 7) is 1.77. The van der Waals surface area contributed by atoms with Crippen LogP contribution < -0.4 is 0 Å². The van der Waals surface area contributed by atoms with Gasteiger partial charge in [0.25, 0.3) is 0 Å². The van der Waals surface area contributed by atoms with Crippen molar-refractivity contribution in [1.82, 2.24) is 4.57 Å². The highest BCUT2D eigenvalue weighted by Gasteiger charge is 2.15. The third kappa shape index (κ3) is 2.12. The smallest absolute Gasteiger partial charge is 0.0992 e. The van der Waals surface area contributed by atoms with Crippen molar-refractivity contribution in [3.63, 3.8) is 0 Å². The standard InChI is InChI=1S/C15H16N2O/c16-10-12-4-5-13-6-7-17(15(13)9-12)11-14-3-1-2-8-18-14/h4-7,9,14H,1-3,8,11H2. The number of fused-ring (bicyclic) bond motifs is 1. The van der Waals surface area contributed by atoms with Crippen molar-refractivity contribution in [2.24, 2.45) is 0 Å². The molecule has 1 aromatic carbocycles. The minimum Gasteiger partial charge on any atom is -0.376 e. The van der Waals surface area contributed by atoms with Crippen LogP contribution >= 0.6 is 0 Å². The molecule has 0 spiro atoms. The van der Waals surface area contributed by atoms with Crippen molar-refractivity contribution in [3.05, 3.63) is 36.0 Å². The monoisotopic (exact) mass is 240 g/mol. The third-order valence-electron chi connectivity index (χ3n) is 3.58. The van der Waals surface area contributed by atoms with E-state index in [9.17, 15) is 0 Å². The van der Waals surface area contributed by atoms with Crippen molar-refractivity contribution in [2.45, 2.75) is 31.9 Å². The molecule has 92 valence electrons. The second-order valence-corrected chi connectivity index (χ2v) is 4.84. The maximum Gasteiger partial charge on any atom is 0.0992 e. The Hall–Kier alpha value is -1.79. The van der Waals surface area contributed by atoms with Crippen molar-refractivity contribution < 1.29 is 4.74 Å². The summed E-state index contributed by atoms with van der Waals surface area (Å²) >= 11 is 0. The van der Waals surface area contributed by atoms with Gasteiger partial charge < -0.3 is 9.30 Å². The minimum absolute atomic E-state index is 0.320. The van der Waals surface area contributed by atoms with E-state index in [1.165, 1.54) is 18.2 Å². The zero-order valence-corrected chi connectivity index (χ0v) is 10.3. The molecular weight excluding hydrogens is 224 g/mol.